The smallest absolute Gasteiger partial charge is 0.317 e. The molecule has 21 heavy (non-hydrogen) atoms. The van der Waals surface area contributed by atoms with Gasteiger partial charge in [0, 0.05) is 0 Å². The average molecular weight is 299 g/mol. The molecule has 1 aliphatic rings. The molecule has 2 rings (SSSR count). The molecule has 1 fully saturated rings. The van der Waals surface area contributed by atoms with Gasteiger partial charge in [-0.3, -0.25) is 0 Å². The van der Waals surface area contributed by atoms with Crippen LogP contribution in [0.15, 0.2) is 24.3 Å². The number of hydrogen-bond acceptors (Lipinski definition) is 1. The molecule has 0 aliphatic heterocycles. The lowest BCUT2D eigenvalue weighted by Gasteiger charge is -2.24. The molecule has 1 unspecified atom stereocenters. The van der Waals surface area contributed by atoms with E-state index in [0.29, 0.717) is 11.8 Å². The van der Waals surface area contributed by atoms with E-state index in [1.165, 1.54) is 37.8 Å². The lowest BCUT2D eigenvalue weighted by molar-refractivity contribution is -0.137. The minimum Gasteiger partial charge on any atom is -0.317 e. The zero-order valence-corrected chi connectivity index (χ0v) is 12.5. The van der Waals surface area contributed by atoms with E-state index in [-0.39, 0.29) is 0 Å². The van der Waals surface area contributed by atoms with Crippen LogP contribution in [-0.2, 0) is 12.6 Å². The number of alkyl halides is 3. The lowest BCUT2D eigenvalue weighted by Crippen LogP contribution is -2.28. The van der Waals surface area contributed by atoms with E-state index in [0.717, 1.165) is 25.1 Å². The molecule has 0 saturated heterocycles. The minimum atomic E-state index is -4.24. The number of hydrogen-bond donors (Lipinski definition) is 1. The number of nitrogens with one attached hydrogen (secondary N) is 1. The van der Waals surface area contributed by atoms with Crippen LogP contribution in [0.3, 0.4) is 0 Å². The van der Waals surface area contributed by atoms with Crippen LogP contribution in [0, 0.1) is 11.8 Å². The molecule has 1 atom stereocenters. The summed E-state index contributed by atoms with van der Waals surface area (Å²) in [5.41, 5.74) is 0.452. The maximum atomic E-state index is 12.6. The molecule has 1 aliphatic carbocycles. The number of benzene rings is 1. The van der Waals surface area contributed by atoms with Gasteiger partial charge in [-0.05, 0) is 49.0 Å². The van der Waals surface area contributed by atoms with Crippen LogP contribution in [0.5, 0.6) is 0 Å². The monoisotopic (exact) mass is 299 g/mol. The average Bonchev–Trinajstić information content (AvgIpc) is 2.97. The van der Waals surface area contributed by atoms with Crippen molar-refractivity contribution in [1.82, 2.24) is 5.32 Å². The van der Waals surface area contributed by atoms with Crippen LogP contribution in [0.4, 0.5) is 13.2 Å². The third-order valence-electron chi connectivity index (χ3n) is 4.50. The zero-order chi connectivity index (χ0) is 15.3. The van der Waals surface area contributed by atoms with Crippen molar-refractivity contribution in [3.8, 4) is 0 Å². The molecular weight excluding hydrogens is 275 g/mol. The Labute approximate surface area is 124 Å². The number of halogens is 3. The Balaban J connectivity index is 2.01. The summed E-state index contributed by atoms with van der Waals surface area (Å²) in [5, 5.41) is 3.40. The molecule has 0 heterocycles. The molecule has 4 heteroatoms. The first-order valence-corrected chi connectivity index (χ1v) is 7.87. The van der Waals surface area contributed by atoms with Crippen molar-refractivity contribution in [1.29, 1.82) is 0 Å². The van der Waals surface area contributed by atoms with Crippen molar-refractivity contribution in [3.05, 3.63) is 35.4 Å². The fraction of sp³-hybridized carbons (Fsp3) is 0.647. The highest BCUT2D eigenvalue weighted by Crippen LogP contribution is 2.34. The highest BCUT2D eigenvalue weighted by atomic mass is 19.4. The Kier molecular flexibility index (Phi) is 5.68. The molecule has 0 amide bonds. The highest BCUT2D eigenvalue weighted by Gasteiger charge is 2.30. The van der Waals surface area contributed by atoms with Gasteiger partial charge in [-0.25, -0.2) is 0 Å². The first-order chi connectivity index (χ1) is 10.0. The fourth-order valence-electron chi connectivity index (χ4n) is 3.30. The third kappa shape index (κ3) is 4.73. The van der Waals surface area contributed by atoms with Gasteiger partial charge in [0.05, 0.1) is 5.56 Å². The van der Waals surface area contributed by atoms with Gasteiger partial charge in [-0.1, -0.05) is 44.7 Å². The van der Waals surface area contributed by atoms with Gasteiger partial charge < -0.3 is 5.32 Å². The zero-order valence-electron chi connectivity index (χ0n) is 12.5. The molecule has 0 radical (unpaired) electrons. The molecule has 0 bridgehead atoms. The molecule has 118 valence electrons. The predicted molar refractivity (Wildman–Crippen MR) is 79.1 cm³/mol. The normalized spacial score (nSPS) is 18.1. The summed E-state index contributed by atoms with van der Waals surface area (Å²) in [7, 11) is 0. The van der Waals surface area contributed by atoms with Crippen LogP contribution in [0.1, 0.15) is 43.7 Å². The Hall–Kier alpha value is -1.03. The Morgan fingerprint density at radius 2 is 1.76 bits per heavy atom. The predicted octanol–water partition coefficient (Wildman–Crippen LogP) is 4.66. The van der Waals surface area contributed by atoms with Gasteiger partial charge in [0.2, 0.25) is 0 Å². The molecule has 0 aromatic heterocycles. The van der Waals surface area contributed by atoms with Gasteiger partial charge in [-0.2, -0.15) is 13.2 Å². The Morgan fingerprint density at radius 3 is 2.29 bits per heavy atom. The lowest BCUT2D eigenvalue weighted by atomic mass is 9.85. The molecule has 1 nitrogen and oxygen atoms in total. The first kappa shape index (κ1) is 16.3. The van der Waals surface area contributed by atoms with Crippen LogP contribution in [0.25, 0.3) is 0 Å². The third-order valence-corrected chi connectivity index (χ3v) is 4.50. The van der Waals surface area contributed by atoms with Crippen LogP contribution < -0.4 is 5.32 Å². The van der Waals surface area contributed by atoms with Gasteiger partial charge in [0.25, 0.3) is 0 Å². The largest absolute Gasteiger partial charge is 0.416 e. The fourth-order valence-corrected chi connectivity index (χ4v) is 3.30. The van der Waals surface area contributed by atoms with Crippen molar-refractivity contribution in [2.45, 2.75) is 45.2 Å². The minimum absolute atomic E-state index is 0.532. The molecule has 1 aromatic carbocycles. The maximum absolute atomic E-state index is 12.6. The summed E-state index contributed by atoms with van der Waals surface area (Å²) in [4.78, 5) is 0. The molecule has 1 N–H and O–H groups in total. The topological polar surface area (TPSA) is 12.0 Å². The van der Waals surface area contributed by atoms with E-state index in [4.69, 9.17) is 0 Å². The second-order valence-electron chi connectivity index (χ2n) is 6.01. The molecule has 1 aromatic rings. The summed E-state index contributed by atoms with van der Waals surface area (Å²) in [6, 6.07) is 5.68. The summed E-state index contributed by atoms with van der Waals surface area (Å²) < 4.78 is 37.8. The summed E-state index contributed by atoms with van der Waals surface area (Å²) in [6.45, 7) is 3.99. The molecule has 1 saturated carbocycles. The number of rotatable bonds is 6. The van der Waals surface area contributed by atoms with Gasteiger partial charge in [0.1, 0.15) is 0 Å². The van der Waals surface area contributed by atoms with E-state index in [2.05, 4.69) is 12.2 Å². The Bertz CT molecular complexity index is 419. The van der Waals surface area contributed by atoms with Crippen molar-refractivity contribution in [3.63, 3.8) is 0 Å². The van der Waals surface area contributed by atoms with Gasteiger partial charge in [-0.15, -0.1) is 0 Å². The standard InChI is InChI=1S/C17H24F3N/c1-2-21-12-15(14-5-3-4-6-14)11-13-7-9-16(10-8-13)17(18,19)20/h7-10,14-15,21H,2-6,11-12H2,1H3. The SMILES string of the molecule is CCNCC(Cc1ccc(C(F)(F)F)cc1)C1CCCC1. The van der Waals surface area contributed by atoms with Gasteiger partial charge in [0.15, 0.2) is 0 Å². The quantitative estimate of drug-likeness (QED) is 0.805. The van der Waals surface area contributed by atoms with Crippen molar-refractivity contribution in [2.24, 2.45) is 11.8 Å². The molecular formula is C17H24F3N. The highest BCUT2D eigenvalue weighted by molar-refractivity contribution is 5.25. The second-order valence-corrected chi connectivity index (χ2v) is 6.01. The molecule has 0 spiro atoms. The van der Waals surface area contributed by atoms with E-state index >= 15 is 0 Å². The van der Waals surface area contributed by atoms with E-state index in [1.54, 1.807) is 12.1 Å². The van der Waals surface area contributed by atoms with Gasteiger partial charge >= 0.3 is 6.18 Å². The van der Waals surface area contributed by atoms with E-state index in [1.807, 2.05) is 0 Å². The summed E-state index contributed by atoms with van der Waals surface area (Å²) >= 11 is 0. The van der Waals surface area contributed by atoms with Crippen molar-refractivity contribution in [2.75, 3.05) is 13.1 Å². The summed E-state index contributed by atoms with van der Waals surface area (Å²) in [5.74, 6) is 1.25. The Morgan fingerprint density at radius 1 is 1.14 bits per heavy atom. The van der Waals surface area contributed by atoms with Crippen molar-refractivity contribution < 1.29 is 13.2 Å². The van der Waals surface area contributed by atoms with Crippen LogP contribution >= 0.6 is 0 Å². The second kappa shape index (κ2) is 7.30. The van der Waals surface area contributed by atoms with Crippen LogP contribution in [0.2, 0.25) is 0 Å². The first-order valence-electron chi connectivity index (χ1n) is 7.87. The van der Waals surface area contributed by atoms with E-state index in [9.17, 15) is 13.2 Å². The van der Waals surface area contributed by atoms with Crippen LogP contribution in [-0.4, -0.2) is 13.1 Å². The van der Waals surface area contributed by atoms with E-state index < -0.39 is 11.7 Å². The van der Waals surface area contributed by atoms with Crippen molar-refractivity contribution >= 4 is 0 Å². The maximum Gasteiger partial charge on any atom is 0.416 e. The summed E-state index contributed by atoms with van der Waals surface area (Å²) in [6.07, 6.45) is 1.73.